The fourth-order valence-corrected chi connectivity index (χ4v) is 2.30. The van der Waals surface area contributed by atoms with Crippen LogP contribution >= 0.6 is 0 Å². The summed E-state index contributed by atoms with van der Waals surface area (Å²) in [4.78, 5) is 2.26. The summed E-state index contributed by atoms with van der Waals surface area (Å²) in [6.07, 6.45) is 1.03. The van der Waals surface area contributed by atoms with Gasteiger partial charge in [-0.1, -0.05) is 6.07 Å². The largest absolute Gasteiger partial charge is 0.496 e. The van der Waals surface area contributed by atoms with Crippen LogP contribution in [0.25, 0.3) is 0 Å². The lowest BCUT2D eigenvalue weighted by molar-refractivity contribution is 0.219. The van der Waals surface area contributed by atoms with Crippen LogP contribution in [0.15, 0.2) is 18.2 Å². The molecule has 2 rings (SSSR count). The number of hydrogen-bond acceptors (Lipinski definition) is 3. The van der Waals surface area contributed by atoms with Gasteiger partial charge >= 0.3 is 0 Å². The summed E-state index contributed by atoms with van der Waals surface area (Å²) in [6.45, 7) is 2.87. The molecule has 0 spiro atoms. The average molecular weight is 239 g/mol. The number of benzene rings is 1. The van der Waals surface area contributed by atoms with E-state index in [1.54, 1.807) is 13.2 Å². The van der Waals surface area contributed by atoms with Crippen LogP contribution in [-0.2, 0) is 6.54 Å². The van der Waals surface area contributed by atoms with E-state index in [4.69, 9.17) is 9.84 Å². The quantitative estimate of drug-likeness (QED) is 0.867. The third-order valence-electron chi connectivity index (χ3n) is 3.27. The van der Waals surface area contributed by atoms with Crippen LogP contribution in [0.3, 0.4) is 0 Å². The van der Waals surface area contributed by atoms with E-state index in [2.05, 4.69) is 4.90 Å². The number of likely N-dealkylation sites (tertiary alicyclic amines) is 1. The summed E-state index contributed by atoms with van der Waals surface area (Å²) in [5.41, 5.74) is 0.993. The van der Waals surface area contributed by atoms with Crippen molar-refractivity contribution < 1.29 is 14.2 Å². The van der Waals surface area contributed by atoms with E-state index in [0.29, 0.717) is 11.7 Å². The molecule has 4 heteroatoms. The van der Waals surface area contributed by atoms with E-state index < -0.39 is 0 Å². The summed E-state index contributed by atoms with van der Waals surface area (Å²) in [5, 5.41) is 9.09. The van der Waals surface area contributed by atoms with Gasteiger partial charge in [-0.2, -0.15) is 0 Å². The Kier molecular flexibility index (Phi) is 3.97. The lowest BCUT2D eigenvalue weighted by Gasteiger charge is -2.17. The maximum atomic E-state index is 13.0. The zero-order chi connectivity index (χ0) is 12.3. The lowest BCUT2D eigenvalue weighted by atomic mass is 10.1. The van der Waals surface area contributed by atoms with Gasteiger partial charge in [0.15, 0.2) is 0 Å². The van der Waals surface area contributed by atoms with Gasteiger partial charge in [0.1, 0.15) is 11.6 Å². The Morgan fingerprint density at radius 1 is 1.53 bits per heavy atom. The van der Waals surface area contributed by atoms with E-state index in [9.17, 15) is 4.39 Å². The predicted octanol–water partition coefficient (Wildman–Crippen LogP) is 1.65. The van der Waals surface area contributed by atoms with Gasteiger partial charge in [0.2, 0.25) is 0 Å². The van der Waals surface area contributed by atoms with E-state index in [1.807, 2.05) is 0 Å². The van der Waals surface area contributed by atoms with Gasteiger partial charge in [-0.15, -0.1) is 0 Å². The maximum absolute atomic E-state index is 13.0. The maximum Gasteiger partial charge on any atom is 0.126 e. The van der Waals surface area contributed by atoms with Crippen LogP contribution in [0.1, 0.15) is 12.0 Å². The Morgan fingerprint density at radius 3 is 3.00 bits per heavy atom. The number of rotatable bonds is 4. The van der Waals surface area contributed by atoms with E-state index in [1.165, 1.54) is 12.1 Å². The van der Waals surface area contributed by atoms with Crippen molar-refractivity contribution in [1.29, 1.82) is 0 Å². The molecule has 0 saturated carbocycles. The summed E-state index contributed by atoms with van der Waals surface area (Å²) >= 11 is 0. The number of hydrogen-bond donors (Lipinski definition) is 1. The van der Waals surface area contributed by atoms with Gasteiger partial charge < -0.3 is 9.84 Å². The third-order valence-corrected chi connectivity index (χ3v) is 3.27. The monoisotopic (exact) mass is 239 g/mol. The van der Waals surface area contributed by atoms with Gasteiger partial charge in [0.05, 0.1) is 7.11 Å². The van der Waals surface area contributed by atoms with E-state index in [-0.39, 0.29) is 12.4 Å². The molecule has 1 fully saturated rings. The SMILES string of the molecule is COc1cc(F)ccc1CN1CC[C@@H](CO)C1. The van der Waals surface area contributed by atoms with Crippen LogP contribution in [0.4, 0.5) is 4.39 Å². The van der Waals surface area contributed by atoms with Crippen molar-refractivity contribution in [2.24, 2.45) is 5.92 Å². The number of aliphatic hydroxyl groups excluding tert-OH is 1. The number of halogens is 1. The number of ether oxygens (including phenoxy) is 1. The van der Waals surface area contributed by atoms with Crippen LogP contribution in [0.2, 0.25) is 0 Å². The molecule has 0 aromatic heterocycles. The molecule has 1 aliphatic rings. The number of nitrogens with zero attached hydrogens (tertiary/aromatic N) is 1. The molecule has 1 N–H and O–H groups in total. The van der Waals surface area contributed by atoms with Gasteiger partial charge in [-0.3, -0.25) is 4.90 Å². The molecule has 0 aliphatic carbocycles. The molecular formula is C13H18FNO2. The standard InChI is InChI=1S/C13H18FNO2/c1-17-13-6-12(14)3-2-11(13)8-15-5-4-10(7-15)9-16/h2-3,6,10,16H,4-5,7-9H2,1H3/t10-/m1/s1. The molecule has 1 saturated heterocycles. The fourth-order valence-electron chi connectivity index (χ4n) is 2.30. The first-order valence-electron chi connectivity index (χ1n) is 5.88. The number of methoxy groups -OCH3 is 1. The molecule has 1 aromatic rings. The molecule has 0 amide bonds. The molecule has 1 aliphatic heterocycles. The Labute approximate surface area is 101 Å². The highest BCUT2D eigenvalue weighted by molar-refractivity contribution is 5.33. The summed E-state index contributed by atoms with van der Waals surface area (Å²) in [5.74, 6) is 0.694. The summed E-state index contributed by atoms with van der Waals surface area (Å²) in [7, 11) is 1.55. The minimum Gasteiger partial charge on any atom is -0.496 e. The highest BCUT2D eigenvalue weighted by Gasteiger charge is 2.22. The van der Waals surface area contributed by atoms with Crippen molar-refractivity contribution in [3.63, 3.8) is 0 Å². The van der Waals surface area contributed by atoms with Crippen molar-refractivity contribution in [2.45, 2.75) is 13.0 Å². The first-order valence-corrected chi connectivity index (χ1v) is 5.88. The molecule has 0 unspecified atom stereocenters. The Balaban J connectivity index is 2.03. The lowest BCUT2D eigenvalue weighted by Crippen LogP contribution is -2.21. The van der Waals surface area contributed by atoms with Crippen LogP contribution < -0.4 is 4.74 Å². The van der Waals surface area contributed by atoms with Crippen molar-refractivity contribution in [2.75, 3.05) is 26.8 Å². The molecule has 1 aromatic carbocycles. The molecular weight excluding hydrogens is 221 g/mol. The average Bonchev–Trinajstić information content (AvgIpc) is 2.79. The summed E-state index contributed by atoms with van der Waals surface area (Å²) in [6, 6.07) is 4.63. The van der Waals surface area contributed by atoms with Crippen LogP contribution in [0.5, 0.6) is 5.75 Å². The molecule has 0 bridgehead atoms. The minimum atomic E-state index is -0.278. The van der Waals surface area contributed by atoms with Gasteiger partial charge in [-0.25, -0.2) is 4.39 Å². The minimum absolute atomic E-state index is 0.247. The fraction of sp³-hybridized carbons (Fsp3) is 0.538. The van der Waals surface area contributed by atoms with Gasteiger partial charge in [0.25, 0.3) is 0 Å². The zero-order valence-electron chi connectivity index (χ0n) is 10.0. The van der Waals surface area contributed by atoms with Gasteiger partial charge in [-0.05, 0) is 24.9 Å². The second-order valence-electron chi connectivity index (χ2n) is 4.53. The smallest absolute Gasteiger partial charge is 0.126 e. The molecule has 94 valence electrons. The van der Waals surface area contributed by atoms with Crippen LogP contribution in [-0.4, -0.2) is 36.8 Å². The topological polar surface area (TPSA) is 32.7 Å². The van der Waals surface area contributed by atoms with E-state index in [0.717, 1.165) is 31.6 Å². The Hall–Kier alpha value is -1.13. The second kappa shape index (κ2) is 5.47. The van der Waals surface area contributed by atoms with E-state index >= 15 is 0 Å². The van der Waals surface area contributed by atoms with Crippen molar-refractivity contribution in [3.05, 3.63) is 29.6 Å². The molecule has 1 atom stereocenters. The zero-order valence-corrected chi connectivity index (χ0v) is 10.0. The Morgan fingerprint density at radius 2 is 2.35 bits per heavy atom. The third kappa shape index (κ3) is 2.96. The molecule has 17 heavy (non-hydrogen) atoms. The van der Waals surface area contributed by atoms with Crippen LogP contribution in [0, 0.1) is 11.7 Å². The summed E-state index contributed by atoms with van der Waals surface area (Å²) < 4.78 is 18.2. The van der Waals surface area contributed by atoms with Gasteiger partial charge in [0, 0.05) is 31.3 Å². The highest BCUT2D eigenvalue weighted by atomic mass is 19.1. The molecule has 3 nitrogen and oxygen atoms in total. The number of aliphatic hydroxyl groups is 1. The van der Waals surface area contributed by atoms with Crippen molar-refractivity contribution >= 4 is 0 Å². The van der Waals surface area contributed by atoms with Crippen molar-refractivity contribution in [1.82, 2.24) is 4.90 Å². The highest BCUT2D eigenvalue weighted by Crippen LogP contribution is 2.24. The predicted molar refractivity (Wildman–Crippen MR) is 63.4 cm³/mol. The molecule has 1 heterocycles. The Bertz CT molecular complexity index is 384. The normalized spacial score (nSPS) is 20.8. The second-order valence-corrected chi connectivity index (χ2v) is 4.53. The van der Waals surface area contributed by atoms with Crippen molar-refractivity contribution in [3.8, 4) is 5.75 Å². The molecule has 0 radical (unpaired) electrons. The first-order chi connectivity index (χ1) is 8.22. The first kappa shape index (κ1) is 12.3.